The molecule has 0 saturated heterocycles. The van der Waals surface area contributed by atoms with Gasteiger partial charge in [-0.1, -0.05) is 29.8 Å². The van der Waals surface area contributed by atoms with Crippen molar-refractivity contribution in [2.24, 2.45) is 5.73 Å². The first-order valence-corrected chi connectivity index (χ1v) is 4.27. The van der Waals surface area contributed by atoms with Crippen LogP contribution in [0.2, 0.25) is 0 Å². The number of benzene rings is 1. The van der Waals surface area contributed by atoms with E-state index < -0.39 is 12.2 Å². The fourth-order valence-electron chi connectivity index (χ4n) is 1.21. The molecule has 1 aromatic rings. The molecule has 0 aliphatic rings. The molecular weight excluding hydrogens is 227 g/mol. The molecular formula is C10H13ClF3N. The summed E-state index contributed by atoms with van der Waals surface area (Å²) in [6.45, 7) is 1.84. The Morgan fingerprint density at radius 1 is 1.33 bits per heavy atom. The van der Waals surface area contributed by atoms with Gasteiger partial charge < -0.3 is 5.73 Å². The van der Waals surface area contributed by atoms with E-state index in [4.69, 9.17) is 5.73 Å². The lowest BCUT2D eigenvalue weighted by molar-refractivity contribution is -0.147. The van der Waals surface area contributed by atoms with Gasteiger partial charge in [-0.3, -0.25) is 0 Å². The Kier molecular flexibility index (Phi) is 5.11. The minimum absolute atomic E-state index is 0. The molecule has 0 bridgehead atoms. The second kappa shape index (κ2) is 5.37. The molecule has 0 amide bonds. The smallest absolute Gasteiger partial charge is 0.320 e. The third kappa shape index (κ3) is 4.53. The standard InChI is InChI=1S/C10H12F3N.ClH/c1-7-3-2-4-8(5-7)6-9(14)10(11,12)13;/h2-5,9H,6,14H2,1H3;1H. The number of alkyl halides is 3. The van der Waals surface area contributed by atoms with Crippen molar-refractivity contribution in [3.8, 4) is 0 Å². The molecule has 2 N–H and O–H groups in total. The van der Waals surface area contributed by atoms with Crippen molar-refractivity contribution in [2.75, 3.05) is 0 Å². The average molecular weight is 240 g/mol. The summed E-state index contributed by atoms with van der Waals surface area (Å²) in [4.78, 5) is 0. The van der Waals surface area contributed by atoms with Crippen molar-refractivity contribution in [3.63, 3.8) is 0 Å². The molecule has 0 fully saturated rings. The second-order valence-electron chi connectivity index (χ2n) is 3.34. The van der Waals surface area contributed by atoms with Crippen LogP contribution < -0.4 is 5.73 Å². The van der Waals surface area contributed by atoms with Crippen LogP contribution in [0, 0.1) is 6.92 Å². The molecule has 1 rings (SSSR count). The van der Waals surface area contributed by atoms with Crippen molar-refractivity contribution in [3.05, 3.63) is 35.4 Å². The molecule has 15 heavy (non-hydrogen) atoms. The van der Waals surface area contributed by atoms with Crippen LogP contribution in [0.15, 0.2) is 24.3 Å². The zero-order valence-corrected chi connectivity index (χ0v) is 9.03. The quantitative estimate of drug-likeness (QED) is 0.844. The summed E-state index contributed by atoms with van der Waals surface area (Å²) in [5.74, 6) is 0. The zero-order chi connectivity index (χ0) is 10.8. The first-order valence-electron chi connectivity index (χ1n) is 4.27. The summed E-state index contributed by atoms with van der Waals surface area (Å²) < 4.78 is 36.3. The van der Waals surface area contributed by atoms with Crippen molar-refractivity contribution >= 4 is 12.4 Å². The number of nitrogens with two attached hydrogens (primary N) is 1. The molecule has 1 aromatic carbocycles. The Morgan fingerprint density at radius 3 is 2.40 bits per heavy atom. The molecule has 0 aromatic heterocycles. The van der Waals surface area contributed by atoms with E-state index in [-0.39, 0.29) is 18.8 Å². The maximum absolute atomic E-state index is 12.1. The number of halogens is 4. The predicted octanol–water partition coefficient (Wildman–Crippen LogP) is 2.85. The maximum Gasteiger partial charge on any atom is 0.403 e. The second-order valence-corrected chi connectivity index (χ2v) is 3.34. The van der Waals surface area contributed by atoms with Gasteiger partial charge in [0.15, 0.2) is 0 Å². The van der Waals surface area contributed by atoms with E-state index in [0.29, 0.717) is 5.56 Å². The summed E-state index contributed by atoms with van der Waals surface area (Å²) in [5.41, 5.74) is 6.57. The fourth-order valence-corrected chi connectivity index (χ4v) is 1.21. The van der Waals surface area contributed by atoms with Crippen LogP contribution in [-0.4, -0.2) is 12.2 Å². The van der Waals surface area contributed by atoms with Crippen molar-refractivity contribution in [2.45, 2.75) is 25.6 Å². The molecule has 0 aliphatic carbocycles. The van der Waals surface area contributed by atoms with Crippen molar-refractivity contribution < 1.29 is 13.2 Å². The molecule has 86 valence electrons. The van der Waals surface area contributed by atoms with Gasteiger partial charge in [-0.2, -0.15) is 13.2 Å². The van der Waals surface area contributed by atoms with Crippen LogP contribution in [-0.2, 0) is 6.42 Å². The molecule has 5 heteroatoms. The topological polar surface area (TPSA) is 26.0 Å². The fraction of sp³-hybridized carbons (Fsp3) is 0.400. The van der Waals surface area contributed by atoms with Gasteiger partial charge in [-0.05, 0) is 18.9 Å². The van der Waals surface area contributed by atoms with Gasteiger partial charge in [-0.15, -0.1) is 12.4 Å². The number of rotatable bonds is 2. The normalized spacial score (nSPS) is 13.1. The summed E-state index contributed by atoms with van der Waals surface area (Å²) in [6, 6.07) is 5.16. The Hall–Kier alpha value is -0.740. The zero-order valence-electron chi connectivity index (χ0n) is 8.21. The molecule has 0 aliphatic heterocycles. The van der Waals surface area contributed by atoms with E-state index >= 15 is 0 Å². The number of hydrogen-bond acceptors (Lipinski definition) is 1. The van der Waals surface area contributed by atoms with E-state index in [2.05, 4.69) is 0 Å². The molecule has 0 heterocycles. The van der Waals surface area contributed by atoms with E-state index in [9.17, 15) is 13.2 Å². The van der Waals surface area contributed by atoms with Gasteiger partial charge in [0.2, 0.25) is 0 Å². The average Bonchev–Trinajstić information content (AvgIpc) is 2.02. The van der Waals surface area contributed by atoms with Crippen LogP contribution in [0.3, 0.4) is 0 Å². The lowest BCUT2D eigenvalue weighted by Crippen LogP contribution is -2.39. The molecule has 0 spiro atoms. The van der Waals surface area contributed by atoms with Gasteiger partial charge in [0.1, 0.15) is 6.04 Å². The highest BCUT2D eigenvalue weighted by Gasteiger charge is 2.36. The highest BCUT2D eigenvalue weighted by molar-refractivity contribution is 5.85. The minimum Gasteiger partial charge on any atom is -0.320 e. The van der Waals surface area contributed by atoms with Crippen LogP contribution in [0.1, 0.15) is 11.1 Å². The summed E-state index contributed by atoms with van der Waals surface area (Å²) in [7, 11) is 0. The number of aryl methyl sites for hydroxylation is 1. The SMILES string of the molecule is Cc1cccc(CC(N)C(F)(F)F)c1.Cl. The van der Waals surface area contributed by atoms with Crippen LogP contribution in [0.25, 0.3) is 0 Å². The van der Waals surface area contributed by atoms with Gasteiger partial charge in [0, 0.05) is 0 Å². The lowest BCUT2D eigenvalue weighted by atomic mass is 10.0. The van der Waals surface area contributed by atoms with Gasteiger partial charge >= 0.3 is 6.18 Å². The van der Waals surface area contributed by atoms with E-state index in [1.54, 1.807) is 18.2 Å². The van der Waals surface area contributed by atoms with Crippen molar-refractivity contribution in [1.82, 2.24) is 0 Å². The molecule has 0 radical (unpaired) electrons. The van der Waals surface area contributed by atoms with Gasteiger partial charge in [0.05, 0.1) is 0 Å². The Balaban J connectivity index is 0.00000196. The minimum atomic E-state index is -4.32. The van der Waals surface area contributed by atoms with E-state index in [1.165, 1.54) is 0 Å². The monoisotopic (exact) mass is 239 g/mol. The van der Waals surface area contributed by atoms with Gasteiger partial charge in [0.25, 0.3) is 0 Å². The Morgan fingerprint density at radius 2 is 1.93 bits per heavy atom. The third-order valence-corrected chi connectivity index (χ3v) is 1.96. The Labute approximate surface area is 92.9 Å². The van der Waals surface area contributed by atoms with Gasteiger partial charge in [-0.25, -0.2) is 0 Å². The first-order chi connectivity index (χ1) is 6.39. The predicted molar refractivity (Wildman–Crippen MR) is 56.2 cm³/mol. The molecule has 1 unspecified atom stereocenters. The van der Waals surface area contributed by atoms with Crippen LogP contribution in [0.4, 0.5) is 13.2 Å². The summed E-state index contributed by atoms with van der Waals surface area (Å²) in [5, 5.41) is 0. The van der Waals surface area contributed by atoms with E-state index in [1.807, 2.05) is 13.0 Å². The van der Waals surface area contributed by atoms with E-state index in [0.717, 1.165) is 5.56 Å². The lowest BCUT2D eigenvalue weighted by Gasteiger charge is -2.15. The third-order valence-electron chi connectivity index (χ3n) is 1.96. The van der Waals surface area contributed by atoms with Crippen molar-refractivity contribution in [1.29, 1.82) is 0 Å². The first kappa shape index (κ1) is 14.3. The van der Waals surface area contributed by atoms with Crippen LogP contribution in [0.5, 0.6) is 0 Å². The Bertz CT molecular complexity index is 312. The summed E-state index contributed by atoms with van der Waals surface area (Å²) in [6.07, 6.45) is -4.48. The largest absolute Gasteiger partial charge is 0.403 e. The maximum atomic E-state index is 12.1. The molecule has 1 atom stereocenters. The molecule has 0 saturated carbocycles. The highest BCUT2D eigenvalue weighted by atomic mass is 35.5. The summed E-state index contributed by atoms with van der Waals surface area (Å²) >= 11 is 0. The highest BCUT2D eigenvalue weighted by Crippen LogP contribution is 2.21. The number of hydrogen-bond donors (Lipinski definition) is 1. The molecule has 1 nitrogen and oxygen atoms in total. The van der Waals surface area contributed by atoms with Crippen LogP contribution >= 0.6 is 12.4 Å².